The van der Waals surface area contributed by atoms with Gasteiger partial charge < -0.3 is 14.4 Å². The second-order valence-electron chi connectivity index (χ2n) is 7.11. The average Bonchev–Trinajstić information content (AvgIpc) is 2.73. The van der Waals surface area contributed by atoms with Crippen molar-refractivity contribution in [2.75, 3.05) is 19.1 Å². The van der Waals surface area contributed by atoms with Gasteiger partial charge in [0.2, 0.25) is 5.91 Å². The minimum Gasteiger partial charge on any atom is -0.493 e. The lowest BCUT2D eigenvalue weighted by Gasteiger charge is -2.38. The standard InChI is InChI=1S/C24H22BrNO3/c1-15-8-10-17(11-9-15)26-23(27)13-16-12-21(28-2)22(29-3)14-19(16)24(26)18-6-4-5-7-20(18)25/h4-12,14,24H,13H2,1-3H3. The van der Waals surface area contributed by atoms with Crippen LogP contribution in [0, 0.1) is 6.92 Å². The van der Waals surface area contributed by atoms with Crippen LogP contribution in [0.1, 0.15) is 28.3 Å². The fourth-order valence-corrected chi connectivity index (χ4v) is 4.38. The molecule has 1 aliphatic rings. The maximum Gasteiger partial charge on any atom is 0.232 e. The number of benzene rings is 3. The molecule has 0 bridgehead atoms. The lowest BCUT2D eigenvalue weighted by molar-refractivity contribution is -0.118. The highest BCUT2D eigenvalue weighted by Crippen LogP contribution is 2.44. The fraction of sp³-hybridized carbons (Fsp3) is 0.208. The number of hydrogen-bond donors (Lipinski definition) is 0. The molecular formula is C24H22BrNO3. The van der Waals surface area contributed by atoms with Crippen LogP contribution in [0.15, 0.2) is 65.1 Å². The van der Waals surface area contributed by atoms with Crippen LogP contribution in [0.25, 0.3) is 0 Å². The first-order valence-corrected chi connectivity index (χ1v) is 10.2. The van der Waals surface area contributed by atoms with Crippen molar-refractivity contribution in [3.8, 4) is 11.5 Å². The predicted molar refractivity (Wildman–Crippen MR) is 118 cm³/mol. The molecule has 1 unspecified atom stereocenters. The zero-order chi connectivity index (χ0) is 20.5. The Hall–Kier alpha value is -2.79. The largest absolute Gasteiger partial charge is 0.493 e. The third-order valence-electron chi connectivity index (χ3n) is 5.32. The van der Waals surface area contributed by atoms with Gasteiger partial charge in [-0.25, -0.2) is 0 Å². The molecule has 4 nitrogen and oxygen atoms in total. The van der Waals surface area contributed by atoms with Crippen molar-refractivity contribution in [2.45, 2.75) is 19.4 Å². The van der Waals surface area contributed by atoms with E-state index in [0.29, 0.717) is 17.9 Å². The van der Waals surface area contributed by atoms with E-state index in [1.165, 1.54) is 0 Å². The second-order valence-corrected chi connectivity index (χ2v) is 7.96. The van der Waals surface area contributed by atoms with Crippen LogP contribution in [0.5, 0.6) is 11.5 Å². The number of hydrogen-bond acceptors (Lipinski definition) is 3. The van der Waals surface area contributed by atoms with E-state index in [1.807, 2.05) is 66.4 Å². The van der Waals surface area contributed by atoms with E-state index < -0.39 is 0 Å². The number of anilines is 1. The Morgan fingerprint density at radius 1 is 0.931 bits per heavy atom. The van der Waals surface area contributed by atoms with Gasteiger partial charge >= 0.3 is 0 Å². The van der Waals surface area contributed by atoms with Crippen molar-refractivity contribution in [2.24, 2.45) is 0 Å². The highest BCUT2D eigenvalue weighted by molar-refractivity contribution is 9.10. The van der Waals surface area contributed by atoms with Gasteiger partial charge in [0.15, 0.2) is 11.5 Å². The van der Waals surface area contributed by atoms with Gasteiger partial charge in [0.1, 0.15) is 0 Å². The maximum absolute atomic E-state index is 13.3. The number of rotatable bonds is 4. The molecular weight excluding hydrogens is 430 g/mol. The summed E-state index contributed by atoms with van der Waals surface area (Å²) in [5.41, 5.74) is 5.05. The lowest BCUT2D eigenvalue weighted by atomic mass is 9.86. The Bertz CT molecular complexity index is 1060. The van der Waals surface area contributed by atoms with E-state index in [-0.39, 0.29) is 11.9 Å². The van der Waals surface area contributed by atoms with Gasteiger partial charge in [-0.15, -0.1) is 0 Å². The molecule has 0 spiro atoms. The SMILES string of the molecule is COc1cc2c(cc1OC)C(c1ccccc1Br)N(c1ccc(C)cc1)C(=O)C2. The number of aryl methyl sites for hydroxylation is 1. The van der Waals surface area contributed by atoms with Crippen molar-refractivity contribution in [3.63, 3.8) is 0 Å². The minimum absolute atomic E-state index is 0.0503. The van der Waals surface area contributed by atoms with Crippen molar-refractivity contribution in [3.05, 3.63) is 87.4 Å². The number of methoxy groups -OCH3 is 2. The number of halogens is 1. The van der Waals surface area contributed by atoms with Crippen LogP contribution < -0.4 is 14.4 Å². The zero-order valence-electron chi connectivity index (χ0n) is 16.6. The quantitative estimate of drug-likeness (QED) is 0.528. The van der Waals surface area contributed by atoms with Crippen LogP contribution in [-0.2, 0) is 11.2 Å². The van der Waals surface area contributed by atoms with E-state index in [9.17, 15) is 4.79 Å². The molecule has 1 aliphatic heterocycles. The topological polar surface area (TPSA) is 38.8 Å². The monoisotopic (exact) mass is 451 g/mol. The lowest BCUT2D eigenvalue weighted by Crippen LogP contribution is -2.41. The molecule has 0 saturated heterocycles. The highest BCUT2D eigenvalue weighted by atomic mass is 79.9. The molecule has 29 heavy (non-hydrogen) atoms. The minimum atomic E-state index is -0.274. The molecule has 148 valence electrons. The molecule has 3 aromatic rings. The van der Waals surface area contributed by atoms with Crippen LogP contribution >= 0.6 is 15.9 Å². The third kappa shape index (κ3) is 3.51. The number of nitrogens with zero attached hydrogens (tertiary/aromatic N) is 1. The summed E-state index contributed by atoms with van der Waals surface area (Å²) in [5, 5.41) is 0. The summed E-state index contributed by atoms with van der Waals surface area (Å²) in [7, 11) is 3.24. The molecule has 1 amide bonds. The van der Waals surface area contributed by atoms with Crippen LogP contribution in [0.3, 0.4) is 0 Å². The summed E-state index contributed by atoms with van der Waals surface area (Å²) in [5.74, 6) is 1.34. The molecule has 1 atom stereocenters. The number of ether oxygens (including phenoxy) is 2. The van der Waals surface area contributed by atoms with E-state index in [4.69, 9.17) is 9.47 Å². The zero-order valence-corrected chi connectivity index (χ0v) is 18.2. The number of amides is 1. The number of carbonyl (C=O) groups is 1. The molecule has 3 aromatic carbocycles. The summed E-state index contributed by atoms with van der Waals surface area (Å²) in [4.78, 5) is 15.2. The van der Waals surface area contributed by atoms with E-state index in [1.54, 1.807) is 14.2 Å². The third-order valence-corrected chi connectivity index (χ3v) is 6.04. The van der Waals surface area contributed by atoms with Crippen LogP contribution in [0.4, 0.5) is 5.69 Å². The first-order valence-electron chi connectivity index (χ1n) is 9.41. The van der Waals surface area contributed by atoms with Gasteiger partial charge in [-0.3, -0.25) is 4.79 Å². The van der Waals surface area contributed by atoms with E-state index in [0.717, 1.165) is 32.4 Å². The molecule has 1 heterocycles. The predicted octanol–water partition coefficient (Wildman–Crippen LogP) is 5.45. The Kier molecular flexibility index (Phi) is 5.33. The molecule has 0 aliphatic carbocycles. The number of fused-ring (bicyclic) bond motifs is 1. The van der Waals surface area contributed by atoms with Crippen LogP contribution in [-0.4, -0.2) is 20.1 Å². The Balaban J connectivity index is 1.97. The van der Waals surface area contributed by atoms with Crippen LogP contribution in [0.2, 0.25) is 0 Å². The van der Waals surface area contributed by atoms with Gasteiger partial charge in [-0.05, 0) is 53.9 Å². The normalized spacial score (nSPS) is 15.8. The molecule has 4 rings (SSSR count). The van der Waals surface area contributed by atoms with Crippen molar-refractivity contribution < 1.29 is 14.3 Å². The fourth-order valence-electron chi connectivity index (χ4n) is 3.88. The molecule has 5 heteroatoms. The van der Waals surface area contributed by atoms with Gasteiger partial charge in [-0.1, -0.05) is 51.8 Å². The first-order chi connectivity index (χ1) is 14.0. The average molecular weight is 452 g/mol. The van der Waals surface area contributed by atoms with Gasteiger partial charge in [0, 0.05) is 10.2 Å². The molecule has 0 saturated carbocycles. The number of carbonyl (C=O) groups excluding carboxylic acids is 1. The summed E-state index contributed by atoms with van der Waals surface area (Å²) in [6, 6.07) is 19.7. The van der Waals surface area contributed by atoms with Gasteiger partial charge in [-0.2, -0.15) is 0 Å². The molecule has 0 fully saturated rings. The Morgan fingerprint density at radius 3 is 2.24 bits per heavy atom. The van der Waals surface area contributed by atoms with E-state index in [2.05, 4.69) is 22.0 Å². The van der Waals surface area contributed by atoms with Crippen molar-refractivity contribution in [1.82, 2.24) is 0 Å². The second kappa shape index (κ2) is 7.91. The highest BCUT2D eigenvalue weighted by Gasteiger charge is 2.36. The molecule has 0 aromatic heterocycles. The van der Waals surface area contributed by atoms with E-state index >= 15 is 0 Å². The molecule has 0 radical (unpaired) electrons. The Morgan fingerprint density at radius 2 is 1.59 bits per heavy atom. The summed E-state index contributed by atoms with van der Waals surface area (Å²) >= 11 is 3.69. The molecule has 0 N–H and O–H groups in total. The first kappa shape index (κ1) is 19.5. The maximum atomic E-state index is 13.3. The summed E-state index contributed by atoms with van der Waals surface area (Å²) in [6.45, 7) is 2.04. The van der Waals surface area contributed by atoms with Gasteiger partial charge in [0.05, 0.1) is 26.7 Å². The Labute approximate surface area is 179 Å². The van der Waals surface area contributed by atoms with Crippen molar-refractivity contribution >= 4 is 27.5 Å². The summed E-state index contributed by atoms with van der Waals surface area (Å²) in [6.07, 6.45) is 0.310. The van der Waals surface area contributed by atoms with Gasteiger partial charge in [0.25, 0.3) is 0 Å². The summed E-state index contributed by atoms with van der Waals surface area (Å²) < 4.78 is 12.0. The smallest absolute Gasteiger partial charge is 0.232 e. The van der Waals surface area contributed by atoms with Crippen molar-refractivity contribution in [1.29, 1.82) is 0 Å².